The number of amides is 1. The summed E-state index contributed by atoms with van der Waals surface area (Å²) in [4.78, 5) is 27.3. The summed E-state index contributed by atoms with van der Waals surface area (Å²) in [5, 5.41) is -0.182. The molecule has 0 radical (unpaired) electrons. The molecule has 0 spiro atoms. The van der Waals surface area contributed by atoms with Crippen molar-refractivity contribution in [1.29, 1.82) is 0 Å². The fourth-order valence-electron chi connectivity index (χ4n) is 2.93. The van der Waals surface area contributed by atoms with Crippen LogP contribution in [0, 0.1) is 0 Å². The fraction of sp³-hybridized carbons (Fsp3) is 0.300. The SMILES string of the molecule is COc1cc(CN2C(=O)C(C)Sc3ccc(C(C)=O)cc32)cc(OC)c1. The van der Waals surface area contributed by atoms with Gasteiger partial charge in [0.25, 0.3) is 0 Å². The van der Waals surface area contributed by atoms with Crippen LogP contribution in [0.1, 0.15) is 29.8 Å². The third kappa shape index (κ3) is 3.55. The summed E-state index contributed by atoms with van der Waals surface area (Å²) in [5.41, 5.74) is 2.26. The van der Waals surface area contributed by atoms with Crippen LogP contribution in [0.5, 0.6) is 11.5 Å². The van der Waals surface area contributed by atoms with Gasteiger partial charge >= 0.3 is 0 Å². The van der Waals surface area contributed by atoms with Crippen LogP contribution in [0.2, 0.25) is 0 Å². The molecule has 1 unspecified atom stereocenters. The highest BCUT2D eigenvalue weighted by atomic mass is 32.2. The minimum atomic E-state index is -0.182. The number of benzene rings is 2. The van der Waals surface area contributed by atoms with Gasteiger partial charge in [0.05, 0.1) is 31.7 Å². The second-order valence-electron chi connectivity index (χ2n) is 6.14. The first-order valence-electron chi connectivity index (χ1n) is 8.28. The highest BCUT2D eigenvalue weighted by Crippen LogP contribution is 2.40. The molecule has 0 saturated carbocycles. The minimum absolute atomic E-state index is 0.0185. The number of anilines is 1. The molecule has 0 N–H and O–H groups in total. The third-order valence-electron chi connectivity index (χ3n) is 4.33. The molecule has 1 aliphatic rings. The number of Topliss-reactive ketones (excluding diaryl/α,β-unsaturated/α-hetero) is 1. The lowest BCUT2D eigenvalue weighted by Gasteiger charge is -2.33. The molecule has 2 aromatic carbocycles. The second-order valence-corrected chi connectivity index (χ2v) is 7.53. The number of fused-ring (bicyclic) bond motifs is 1. The van der Waals surface area contributed by atoms with E-state index in [0.29, 0.717) is 23.6 Å². The highest BCUT2D eigenvalue weighted by Gasteiger charge is 2.31. The van der Waals surface area contributed by atoms with E-state index in [1.54, 1.807) is 31.3 Å². The largest absolute Gasteiger partial charge is 0.497 e. The monoisotopic (exact) mass is 371 g/mol. The smallest absolute Gasteiger partial charge is 0.240 e. The molecule has 0 fully saturated rings. The summed E-state index contributed by atoms with van der Waals surface area (Å²) in [6.07, 6.45) is 0. The number of hydrogen-bond donors (Lipinski definition) is 0. The van der Waals surface area contributed by atoms with Crippen LogP contribution in [-0.2, 0) is 11.3 Å². The number of methoxy groups -OCH3 is 2. The molecule has 26 heavy (non-hydrogen) atoms. The molecule has 2 aromatic rings. The standard InChI is InChI=1S/C20H21NO4S/c1-12(22)15-5-6-19-18(9-15)21(20(23)13(2)26-19)11-14-7-16(24-3)10-17(8-14)25-4/h5-10,13H,11H2,1-4H3. The zero-order chi connectivity index (χ0) is 18.8. The van der Waals surface area contributed by atoms with Gasteiger partial charge in [0.2, 0.25) is 5.91 Å². The number of carbonyl (C=O) groups is 2. The molecule has 1 atom stereocenters. The van der Waals surface area contributed by atoms with E-state index < -0.39 is 0 Å². The van der Waals surface area contributed by atoms with Crippen molar-refractivity contribution in [3.8, 4) is 11.5 Å². The maximum Gasteiger partial charge on any atom is 0.240 e. The van der Waals surface area contributed by atoms with E-state index in [4.69, 9.17) is 9.47 Å². The van der Waals surface area contributed by atoms with Gasteiger partial charge in [-0.3, -0.25) is 9.59 Å². The Hall–Kier alpha value is -2.47. The number of carbonyl (C=O) groups excluding carboxylic acids is 2. The van der Waals surface area contributed by atoms with E-state index in [9.17, 15) is 9.59 Å². The minimum Gasteiger partial charge on any atom is -0.497 e. The van der Waals surface area contributed by atoms with E-state index in [1.165, 1.54) is 18.7 Å². The lowest BCUT2D eigenvalue weighted by molar-refractivity contribution is -0.118. The average molecular weight is 371 g/mol. The van der Waals surface area contributed by atoms with Crippen LogP contribution in [0.25, 0.3) is 0 Å². The van der Waals surface area contributed by atoms with E-state index in [1.807, 2.05) is 31.2 Å². The Morgan fingerprint density at radius 3 is 2.35 bits per heavy atom. The molecule has 1 heterocycles. The van der Waals surface area contributed by atoms with Gasteiger partial charge in [0.15, 0.2) is 5.78 Å². The summed E-state index contributed by atoms with van der Waals surface area (Å²) in [6.45, 7) is 3.80. The zero-order valence-electron chi connectivity index (χ0n) is 15.2. The summed E-state index contributed by atoms with van der Waals surface area (Å²) in [6, 6.07) is 11.1. The normalized spacial score (nSPS) is 16.2. The van der Waals surface area contributed by atoms with Gasteiger partial charge in [-0.05, 0) is 43.7 Å². The average Bonchev–Trinajstić information content (AvgIpc) is 2.64. The van der Waals surface area contributed by atoms with Gasteiger partial charge in [0, 0.05) is 16.5 Å². The Labute approximate surface area is 157 Å². The Balaban J connectivity index is 2.03. The van der Waals surface area contributed by atoms with Crippen molar-refractivity contribution in [2.24, 2.45) is 0 Å². The summed E-state index contributed by atoms with van der Waals surface area (Å²) in [5.74, 6) is 1.34. The topological polar surface area (TPSA) is 55.8 Å². The van der Waals surface area contributed by atoms with Crippen molar-refractivity contribution in [2.45, 2.75) is 30.5 Å². The molecular formula is C20H21NO4S. The molecule has 1 aliphatic heterocycles. The quantitative estimate of drug-likeness (QED) is 0.746. The van der Waals surface area contributed by atoms with Crippen molar-refractivity contribution in [3.05, 3.63) is 47.5 Å². The second kappa shape index (κ2) is 7.41. The Morgan fingerprint density at radius 1 is 1.12 bits per heavy atom. The first-order chi connectivity index (χ1) is 12.4. The summed E-state index contributed by atoms with van der Waals surface area (Å²) in [7, 11) is 3.19. The molecule has 5 nitrogen and oxygen atoms in total. The van der Waals surface area contributed by atoms with E-state index in [2.05, 4.69) is 0 Å². The molecule has 0 aliphatic carbocycles. The van der Waals surface area contributed by atoms with Gasteiger partial charge < -0.3 is 14.4 Å². The maximum absolute atomic E-state index is 12.8. The van der Waals surface area contributed by atoms with Crippen LogP contribution in [0.3, 0.4) is 0 Å². The number of hydrogen-bond acceptors (Lipinski definition) is 5. The number of ether oxygens (including phenoxy) is 2. The van der Waals surface area contributed by atoms with Crippen molar-refractivity contribution >= 4 is 29.1 Å². The van der Waals surface area contributed by atoms with E-state index in [0.717, 1.165) is 16.1 Å². The van der Waals surface area contributed by atoms with Gasteiger partial charge in [-0.1, -0.05) is 6.07 Å². The van der Waals surface area contributed by atoms with Gasteiger partial charge in [-0.2, -0.15) is 0 Å². The Bertz CT molecular complexity index is 843. The molecule has 0 saturated heterocycles. The first kappa shape index (κ1) is 18.3. The molecule has 0 aromatic heterocycles. The van der Waals surface area contributed by atoms with Crippen molar-refractivity contribution in [2.75, 3.05) is 19.1 Å². The van der Waals surface area contributed by atoms with Crippen molar-refractivity contribution in [3.63, 3.8) is 0 Å². The third-order valence-corrected chi connectivity index (χ3v) is 5.48. The molecule has 6 heteroatoms. The van der Waals surface area contributed by atoms with Crippen LogP contribution in [0.15, 0.2) is 41.3 Å². The van der Waals surface area contributed by atoms with E-state index in [-0.39, 0.29) is 16.9 Å². The number of rotatable bonds is 5. The summed E-state index contributed by atoms with van der Waals surface area (Å²) < 4.78 is 10.6. The lowest BCUT2D eigenvalue weighted by Crippen LogP contribution is -2.39. The first-order valence-corrected chi connectivity index (χ1v) is 9.16. The van der Waals surface area contributed by atoms with Gasteiger partial charge in [0.1, 0.15) is 11.5 Å². The van der Waals surface area contributed by atoms with Crippen LogP contribution < -0.4 is 14.4 Å². The number of nitrogens with zero attached hydrogens (tertiary/aromatic N) is 1. The lowest BCUT2D eigenvalue weighted by atomic mass is 10.1. The van der Waals surface area contributed by atoms with Crippen LogP contribution >= 0.6 is 11.8 Å². The Kier molecular flexibility index (Phi) is 5.23. The van der Waals surface area contributed by atoms with Gasteiger partial charge in [-0.15, -0.1) is 11.8 Å². The Morgan fingerprint density at radius 2 is 1.77 bits per heavy atom. The van der Waals surface area contributed by atoms with E-state index >= 15 is 0 Å². The predicted octanol–water partition coefficient (Wildman–Crippen LogP) is 3.93. The van der Waals surface area contributed by atoms with Crippen LogP contribution in [-0.4, -0.2) is 31.2 Å². The molecular weight excluding hydrogens is 350 g/mol. The fourth-order valence-corrected chi connectivity index (χ4v) is 3.97. The van der Waals surface area contributed by atoms with Crippen molar-refractivity contribution < 1.29 is 19.1 Å². The predicted molar refractivity (Wildman–Crippen MR) is 103 cm³/mol. The van der Waals surface area contributed by atoms with Gasteiger partial charge in [-0.25, -0.2) is 0 Å². The molecule has 1 amide bonds. The van der Waals surface area contributed by atoms with Crippen LogP contribution in [0.4, 0.5) is 5.69 Å². The highest BCUT2D eigenvalue weighted by molar-refractivity contribution is 8.00. The number of ketones is 1. The maximum atomic E-state index is 12.8. The molecule has 136 valence electrons. The zero-order valence-corrected chi connectivity index (χ0v) is 16.1. The summed E-state index contributed by atoms with van der Waals surface area (Å²) >= 11 is 1.52. The van der Waals surface area contributed by atoms with Crippen molar-refractivity contribution in [1.82, 2.24) is 0 Å². The number of thioether (sulfide) groups is 1. The molecule has 3 rings (SSSR count). The molecule has 0 bridgehead atoms.